The van der Waals surface area contributed by atoms with Crippen LogP contribution < -0.4 is 0 Å². The van der Waals surface area contributed by atoms with Gasteiger partial charge < -0.3 is 5.11 Å². The molecule has 1 N–H and O–H groups in total. The number of fused-ring (bicyclic) bond motifs is 1. The van der Waals surface area contributed by atoms with Gasteiger partial charge in [-0.15, -0.1) is 0 Å². The summed E-state index contributed by atoms with van der Waals surface area (Å²) in [6, 6.07) is 17.4. The van der Waals surface area contributed by atoms with Crippen LogP contribution in [0.5, 0.6) is 0 Å². The van der Waals surface area contributed by atoms with Crippen molar-refractivity contribution >= 4 is 21.9 Å². The van der Waals surface area contributed by atoms with E-state index in [1.165, 1.54) is 0 Å². The van der Waals surface area contributed by atoms with Crippen molar-refractivity contribution < 1.29 is 9.90 Å². The number of aryl methyl sites for hydroxylation is 1. The van der Waals surface area contributed by atoms with Crippen LogP contribution in [0, 0.1) is 6.92 Å². The van der Waals surface area contributed by atoms with Gasteiger partial charge in [-0.25, -0.2) is 4.79 Å². The lowest BCUT2D eigenvalue weighted by molar-refractivity contribution is 0.0699. The number of carboxylic acids is 1. The number of halogens is 1. The van der Waals surface area contributed by atoms with Gasteiger partial charge >= 0.3 is 5.97 Å². The highest BCUT2D eigenvalue weighted by Crippen LogP contribution is 2.40. The Bertz CT molecular complexity index is 808. The fourth-order valence-corrected chi connectivity index (χ4v) is 3.02. The Kier molecular flexibility index (Phi) is 3.52. The van der Waals surface area contributed by atoms with Gasteiger partial charge in [0.15, 0.2) is 0 Å². The first-order chi connectivity index (χ1) is 10.1. The second kappa shape index (κ2) is 5.34. The summed E-state index contributed by atoms with van der Waals surface area (Å²) in [7, 11) is 0. The maximum absolute atomic E-state index is 11.8. The molecule has 0 bridgehead atoms. The molecular formula is C18H13BrO2. The summed E-state index contributed by atoms with van der Waals surface area (Å²) in [5.74, 6) is -0.903. The fourth-order valence-electron chi connectivity index (χ4n) is 2.53. The van der Waals surface area contributed by atoms with Crippen molar-refractivity contribution in [3.05, 3.63) is 70.2 Å². The SMILES string of the molecule is Cc1ccc2cc(-c3ccccc3Br)c(C(=O)O)c-2cc1. The van der Waals surface area contributed by atoms with Crippen molar-refractivity contribution in [2.75, 3.05) is 0 Å². The lowest BCUT2D eigenvalue weighted by atomic mass is 10.0. The predicted molar refractivity (Wildman–Crippen MR) is 87.9 cm³/mol. The van der Waals surface area contributed by atoms with Crippen molar-refractivity contribution in [2.45, 2.75) is 6.92 Å². The summed E-state index contributed by atoms with van der Waals surface area (Å²) in [6.45, 7) is 1.99. The smallest absolute Gasteiger partial charge is 0.336 e. The van der Waals surface area contributed by atoms with Gasteiger partial charge in [-0.05, 0) is 41.3 Å². The zero-order chi connectivity index (χ0) is 15.0. The average Bonchev–Trinajstić information content (AvgIpc) is 2.72. The summed E-state index contributed by atoms with van der Waals surface area (Å²) < 4.78 is 0.892. The minimum atomic E-state index is -0.903. The van der Waals surface area contributed by atoms with Gasteiger partial charge in [0.25, 0.3) is 0 Å². The molecule has 1 aromatic carbocycles. The van der Waals surface area contributed by atoms with Gasteiger partial charge in [0.05, 0.1) is 5.56 Å². The van der Waals surface area contributed by atoms with Crippen LogP contribution in [0.25, 0.3) is 22.3 Å². The molecule has 3 rings (SSSR count). The standard InChI is InChI=1S/C18H13BrO2/c1-11-6-8-12-10-15(14-4-2-3-5-16(14)19)17(18(20)21)13(12)9-7-11/h2-10H,1H3,(H,20,21). The van der Waals surface area contributed by atoms with Crippen molar-refractivity contribution in [1.82, 2.24) is 0 Å². The molecule has 2 aliphatic carbocycles. The highest BCUT2D eigenvalue weighted by atomic mass is 79.9. The van der Waals surface area contributed by atoms with Gasteiger partial charge in [-0.2, -0.15) is 0 Å². The molecule has 2 nitrogen and oxygen atoms in total. The number of benzene rings is 1. The Morgan fingerprint density at radius 3 is 2.38 bits per heavy atom. The van der Waals surface area contributed by atoms with E-state index in [0.29, 0.717) is 5.56 Å². The molecule has 0 heterocycles. The Hall–Kier alpha value is -2.13. The van der Waals surface area contributed by atoms with E-state index in [4.69, 9.17) is 0 Å². The van der Waals surface area contributed by atoms with Gasteiger partial charge in [-0.3, -0.25) is 0 Å². The summed E-state index contributed by atoms with van der Waals surface area (Å²) >= 11 is 3.50. The van der Waals surface area contributed by atoms with Gasteiger partial charge in [0, 0.05) is 4.47 Å². The monoisotopic (exact) mass is 340 g/mol. The molecular weight excluding hydrogens is 328 g/mol. The van der Waals surface area contributed by atoms with E-state index in [2.05, 4.69) is 15.9 Å². The summed E-state index contributed by atoms with van der Waals surface area (Å²) in [6.07, 6.45) is 0. The van der Waals surface area contributed by atoms with Gasteiger partial charge in [0.1, 0.15) is 0 Å². The molecule has 21 heavy (non-hydrogen) atoms. The largest absolute Gasteiger partial charge is 0.478 e. The summed E-state index contributed by atoms with van der Waals surface area (Å²) in [5, 5.41) is 9.64. The molecule has 0 atom stereocenters. The molecule has 0 spiro atoms. The molecule has 0 saturated carbocycles. The number of hydrogen-bond donors (Lipinski definition) is 1. The number of aromatic carboxylic acids is 1. The first-order valence-corrected chi connectivity index (χ1v) is 7.39. The lowest BCUT2D eigenvalue weighted by Crippen LogP contribution is -1.98. The molecule has 1 aromatic rings. The average molecular weight is 341 g/mol. The van der Waals surface area contributed by atoms with E-state index in [1.54, 1.807) is 0 Å². The molecule has 0 radical (unpaired) electrons. The number of rotatable bonds is 2. The molecule has 3 heteroatoms. The van der Waals surface area contributed by atoms with Gasteiger partial charge in [0.2, 0.25) is 0 Å². The summed E-state index contributed by atoms with van der Waals surface area (Å²) in [4.78, 5) is 11.8. The Labute approximate surface area is 131 Å². The first-order valence-electron chi connectivity index (χ1n) is 6.59. The van der Waals surface area contributed by atoms with Crippen molar-refractivity contribution in [3.63, 3.8) is 0 Å². The van der Waals surface area contributed by atoms with Crippen LogP contribution in [0.4, 0.5) is 0 Å². The molecule has 0 unspecified atom stereocenters. The quantitative estimate of drug-likeness (QED) is 0.693. The van der Waals surface area contributed by atoms with Crippen LogP contribution in [0.3, 0.4) is 0 Å². The number of carbonyl (C=O) groups is 1. The van der Waals surface area contributed by atoms with Crippen LogP contribution >= 0.6 is 15.9 Å². The van der Waals surface area contributed by atoms with Crippen LogP contribution in [0.1, 0.15) is 15.9 Å². The zero-order valence-electron chi connectivity index (χ0n) is 11.4. The third kappa shape index (κ3) is 2.45. The van der Waals surface area contributed by atoms with E-state index >= 15 is 0 Å². The molecule has 0 aromatic heterocycles. The molecule has 0 fully saturated rings. The van der Waals surface area contributed by atoms with E-state index in [0.717, 1.165) is 32.3 Å². The molecule has 104 valence electrons. The maximum atomic E-state index is 11.8. The zero-order valence-corrected chi connectivity index (χ0v) is 13.0. The first kappa shape index (κ1) is 13.8. The molecule has 0 aliphatic heterocycles. The van der Waals surface area contributed by atoms with Crippen LogP contribution in [-0.4, -0.2) is 11.1 Å². The second-order valence-electron chi connectivity index (χ2n) is 5.00. The topological polar surface area (TPSA) is 37.3 Å². The fraction of sp³-hybridized carbons (Fsp3) is 0.0556. The minimum Gasteiger partial charge on any atom is -0.478 e. The lowest BCUT2D eigenvalue weighted by Gasteiger charge is -2.04. The Morgan fingerprint density at radius 1 is 0.952 bits per heavy atom. The normalized spacial score (nSPS) is 10.8. The molecule has 2 aliphatic rings. The van der Waals surface area contributed by atoms with Crippen LogP contribution in [0.15, 0.2) is 59.1 Å². The maximum Gasteiger partial charge on any atom is 0.336 e. The van der Waals surface area contributed by atoms with Gasteiger partial charge in [-0.1, -0.05) is 64.0 Å². The van der Waals surface area contributed by atoms with Crippen molar-refractivity contribution in [1.29, 1.82) is 0 Å². The second-order valence-corrected chi connectivity index (χ2v) is 5.85. The van der Waals surface area contributed by atoms with E-state index in [9.17, 15) is 9.90 Å². The van der Waals surface area contributed by atoms with Crippen LogP contribution in [-0.2, 0) is 0 Å². The summed E-state index contributed by atoms with van der Waals surface area (Å²) in [5.41, 5.74) is 4.80. The van der Waals surface area contributed by atoms with Crippen molar-refractivity contribution in [2.24, 2.45) is 0 Å². The molecule has 0 amide bonds. The minimum absolute atomic E-state index is 0.354. The number of hydrogen-bond acceptors (Lipinski definition) is 1. The Morgan fingerprint density at radius 2 is 1.67 bits per heavy atom. The highest BCUT2D eigenvalue weighted by molar-refractivity contribution is 9.10. The van der Waals surface area contributed by atoms with E-state index < -0.39 is 5.97 Å². The van der Waals surface area contributed by atoms with E-state index in [1.807, 2.05) is 61.5 Å². The Balaban J connectivity index is 2.36. The van der Waals surface area contributed by atoms with E-state index in [-0.39, 0.29) is 0 Å². The number of carboxylic acid groups (broad SMARTS) is 1. The third-order valence-corrected chi connectivity index (χ3v) is 4.26. The van der Waals surface area contributed by atoms with Crippen LogP contribution in [0.2, 0.25) is 0 Å². The third-order valence-electron chi connectivity index (χ3n) is 3.57. The van der Waals surface area contributed by atoms with Crippen molar-refractivity contribution in [3.8, 4) is 22.3 Å². The highest BCUT2D eigenvalue weighted by Gasteiger charge is 2.22. The molecule has 0 saturated heterocycles. The predicted octanol–water partition coefficient (Wildman–Crippen LogP) is 5.23.